The Labute approximate surface area is 125 Å². The number of carbonyl (C=O) groups excluding carboxylic acids is 2. The summed E-state index contributed by atoms with van der Waals surface area (Å²) in [7, 11) is 0. The Morgan fingerprint density at radius 1 is 1.00 bits per heavy atom. The Hall–Kier alpha value is -1.69. The Kier molecular flexibility index (Phi) is 4.31. The van der Waals surface area contributed by atoms with Crippen molar-refractivity contribution in [2.24, 2.45) is 0 Å². The van der Waals surface area contributed by atoms with Crippen molar-refractivity contribution in [1.82, 2.24) is 0 Å². The van der Waals surface area contributed by atoms with Crippen LogP contribution in [-0.4, -0.2) is 11.7 Å². The van der Waals surface area contributed by atoms with Crippen molar-refractivity contribution in [2.45, 2.75) is 6.92 Å². The largest absolute Gasteiger partial charge is 0.321 e. The van der Waals surface area contributed by atoms with Crippen LogP contribution < -0.4 is 5.32 Å². The summed E-state index contributed by atoms with van der Waals surface area (Å²) in [5.74, 6) is -0.145. The summed E-state index contributed by atoms with van der Waals surface area (Å²) in [6.45, 7) is 1.52. The number of carbonyl (C=O) groups is 2. The fraction of sp³-hybridized carbons (Fsp3) is 0.0667. The molecular weight excluding hydrogens is 353 g/mol. The predicted molar refractivity (Wildman–Crippen MR) is 83.6 cm³/mol. The van der Waals surface area contributed by atoms with E-state index in [9.17, 15) is 9.59 Å². The van der Waals surface area contributed by atoms with Crippen molar-refractivity contribution in [3.8, 4) is 0 Å². The zero-order chi connectivity index (χ0) is 13.8. The number of amides is 1. The molecule has 0 aliphatic carbocycles. The molecule has 19 heavy (non-hydrogen) atoms. The number of nitrogens with one attached hydrogen (secondary N) is 1. The zero-order valence-electron chi connectivity index (χ0n) is 10.3. The Balaban J connectivity index is 2.20. The molecule has 0 fully saturated rings. The highest BCUT2D eigenvalue weighted by Gasteiger charge is 2.09. The number of rotatable bonds is 3. The molecule has 0 radical (unpaired) electrons. The first kappa shape index (κ1) is 13.7. The van der Waals surface area contributed by atoms with Crippen molar-refractivity contribution in [2.75, 3.05) is 5.32 Å². The number of Topliss-reactive ketones (excluding diaryl/α,β-unsaturated/α-hetero) is 1. The van der Waals surface area contributed by atoms with Gasteiger partial charge in [-0.15, -0.1) is 0 Å². The average Bonchev–Trinajstić information content (AvgIpc) is 2.41. The van der Waals surface area contributed by atoms with Crippen molar-refractivity contribution in [1.29, 1.82) is 0 Å². The van der Waals surface area contributed by atoms with Crippen LogP contribution in [0.2, 0.25) is 0 Å². The van der Waals surface area contributed by atoms with Gasteiger partial charge in [-0.2, -0.15) is 0 Å². The van der Waals surface area contributed by atoms with E-state index in [0.29, 0.717) is 16.8 Å². The maximum atomic E-state index is 12.0. The van der Waals surface area contributed by atoms with Crippen LogP contribution in [0.25, 0.3) is 0 Å². The highest BCUT2D eigenvalue weighted by Crippen LogP contribution is 2.20. The normalized spacial score (nSPS) is 10.0. The lowest BCUT2D eigenvalue weighted by Crippen LogP contribution is -2.12. The quantitative estimate of drug-likeness (QED) is 0.665. The van der Waals surface area contributed by atoms with Crippen LogP contribution in [0.3, 0.4) is 0 Å². The van der Waals surface area contributed by atoms with Gasteiger partial charge < -0.3 is 5.32 Å². The van der Waals surface area contributed by atoms with Crippen LogP contribution in [0.5, 0.6) is 0 Å². The number of halogens is 1. The van der Waals surface area contributed by atoms with E-state index in [1.807, 2.05) is 18.2 Å². The van der Waals surface area contributed by atoms with E-state index in [1.54, 1.807) is 30.3 Å². The smallest absolute Gasteiger partial charge is 0.255 e. The zero-order valence-corrected chi connectivity index (χ0v) is 12.5. The first-order valence-electron chi connectivity index (χ1n) is 5.75. The fourth-order valence-electron chi connectivity index (χ4n) is 1.62. The molecule has 0 aliphatic heterocycles. The molecule has 1 amide bonds. The van der Waals surface area contributed by atoms with Gasteiger partial charge in [-0.3, -0.25) is 9.59 Å². The summed E-state index contributed by atoms with van der Waals surface area (Å²) in [5.41, 5.74) is 1.95. The van der Waals surface area contributed by atoms with E-state index in [4.69, 9.17) is 0 Å². The summed E-state index contributed by atoms with van der Waals surface area (Å²) in [4.78, 5) is 23.3. The summed E-state index contributed by atoms with van der Waals surface area (Å²) >= 11 is 2.11. The van der Waals surface area contributed by atoms with Crippen LogP contribution in [0.1, 0.15) is 27.6 Å². The summed E-state index contributed by atoms with van der Waals surface area (Å²) in [6, 6.07) is 14.2. The minimum absolute atomic E-state index is 0.0128. The molecule has 1 N–H and O–H groups in total. The molecule has 0 atom stereocenters. The van der Waals surface area contributed by atoms with E-state index >= 15 is 0 Å². The number of hydrogen-bond donors (Lipinski definition) is 1. The molecule has 0 unspecified atom stereocenters. The second-order valence-electron chi connectivity index (χ2n) is 4.07. The third-order valence-electron chi connectivity index (χ3n) is 2.66. The van der Waals surface area contributed by atoms with Gasteiger partial charge >= 0.3 is 0 Å². The van der Waals surface area contributed by atoms with E-state index in [0.717, 1.165) is 3.57 Å². The molecule has 0 saturated heterocycles. The van der Waals surface area contributed by atoms with Gasteiger partial charge in [-0.05, 0) is 59.8 Å². The van der Waals surface area contributed by atoms with Crippen molar-refractivity contribution in [3.63, 3.8) is 0 Å². The first-order valence-corrected chi connectivity index (χ1v) is 6.82. The molecule has 0 spiro atoms. The molecule has 0 aromatic heterocycles. The van der Waals surface area contributed by atoms with Gasteiger partial charge in [0.2, 0.25) is 0 Å². The lowest BCUT2D eigenvalue weighted by atomic mass is 10.1. The molecule has 0 saturated carbocycles. The van der Waals surface area contributed by atoms with Crippen LogP contribution >= 0.6 is 22.6 Å². The standard InChI is InChI=1S/C15H12INO2/c1-10(18)12-7-8-14(13(16)9-12)17-15(19)11-5-3-2-4-6-11/h2-9H,1H3,(H,17,19). The summed E-state index contributed by atoms with van der Waals surface area (Å²) < 4.78 is 0.842. The molecule has 0 bridgehead atoms. The van der Waals surface area contributed by atoms with Gasteiger partial charge in [-0.25, -0.2) is 0 Å². The second-order valence-corrected chi connectivity index (χ2v) is 5.23. The molecule has 4 heteroatoms. The van der Waals surface area contributed by atoms with Gasteiger partial charge in [-0.1, -0.05) is 18.2 Å². The fourth-order valence-corrected chi connectivity index (χ4v) is 2.27. The number of anilines is 1. The molecule has 0 aliphatic rings. The van der Waals surface area contributed by atoms with E-state index in [2.05, 4.69) is 27.9 Å². The number of ketones is 1. The monoisotopic (exact) mass is 365 g/mol. The van der Waals surface area contributed by atoms with E-state index in [1.165, 1.54) is 6.92 Å². The topological polar surface area (TPSA) is 46.2 Å². The second kappa shape index (κ2) is 5.97. The van der Waals surface area contributed by atoms with Gasteiger partial charge in [0.15, 0.2) is 5.78 Å². The van der Waals surface area contributed by atoms with Crippen LogP contribution in [0, 0.1) is 3.57 Å². The summed E-state index contributed by atoms with van der Waals surface area (Å²) in [5, 5.41) is 2.83. The van der Waals surface area contributed by atoms with Gasteiger partial charge in [0, 0.05) is 14.7 Å². The lowest BCUT2D eigenvalue weighted by molar-refractivity contribution is 0.101. The molecule has 2 rings (SSSR count). The third kappa shape index (κ3) is 3.41. The molecule has 2 aromatic carbocycles. The number of hydrogen-bond acceptors (Lipinski definition) is 2. The molecule has 96 valence electrons. The summed E-state index contributed by atoms with van der Waals surface area (Å²) in [6.07, 6.45) is 0. The highest BCUT2D eigenvalue weighted by molar-refractivity contribution is 14.1. The Bertz CT molecular complexity index is 623. The molecule has 2 aromatic rings. The Morgan fingerprint density at radius 2 is 1.68 bits per heavy atom. The van der Waals surface area contributed by atoms with Gasteiger partial charge in [0.25, 0.3) is 5.91 Å². The van der Waals surface area contributed by atoms with E-state index < -0.39 is 0 Å². The SMILES string of the molecule is CC(=O)c1ccc(NC(=O)c2ccccc2)c(I)c1. The maximum Gasteiger partial charge on any atom is 0.255 e. The van der Waals surface area contributed by atoms with Crippen molar-refractivity contribution >= 4 is 40.0 Å². The van der Waals surface area contributed by atoms with E-state index in [-0.39, 0.29) is 11.7 Å². The minimum Gasteiger partial charge on any atom is -0.321 e. The first-order chi connectivity index (χ1) is 9.08. The minimum atomic E-state index is -0.158. The molecule has 3 nitrogen and oxygen atoms in total. The average molecular weight is 365 g/mol. The molecule has 0 heterocycles. The third-order valence-corrected chi connectivity index (χ3v) is 3.55. The highest BCUT2D eigenvalue weighted by atomic mass is 127. The lowest BCUT2D eigenvalue weighted by Gasteiger charge is -2.08. The maximum absolute atomic E-state index is 12.0. The van der Waals surface area contributed by atoms with Crippen LogP contribution in [0.4, 0.5) is 5.69 Å². The van der Waals surface area contributed by atoms with Crippen molar-refractivity contribution in [3.05, 3.63) is 63.2 Å². The van der Waals surface area contributed by atoms with Crippen molar-refractivity contribution < 1.29 is 9.59 Å². The van der Waals surface area contributed by atoms with Crippen LogP contribution in [0.15, 0.2) is 48.5 Å². The molecular formula is C15H12INO2. The van der Waals surface area contributed by atoms with Crippen LogP contribution in [-0.2, 0) is 0 Å². The van der Waals surface area contributed by atoms with Gasteiger partial charge in [0.1, 0.15) is 0 Å². The Morgan fingerprint density at radius 3 is 2.26 bits per heavy atom. The predicted octanol–water partition coefficient (Wildman–Crippen LogP) is 3.75. The van der Waals surface area contributed by atoms with Gasteiger partial charge in [0.05, 0.1) is 5.69 Å². The number of benzene rings is 2.